The molecule has 4 rings (SSSR count). The summed E-state index contributed by atoms with van der Waals surface area (Å²) in [6.45, 7) is 3.30. The first-order chi connectivity index (χ1) is 11.8. The van der Waals surface area contributed by atoms with E-state index in [1.807, 2.05) is 0 Å². The molecule has 6 nitrogen and oxygen atoms in total. The normalized spacial score (nSPS) is 28.1. The van der Waals surface area contributed by atoms with Gasteiger partial charge < -0.3 is 20.9 Å². The van der Waals surface area contributed by atoms with Gasteiger partial charge in [-0.3, -0.25) is 0 Å². The van der Waals surface area contributed by atoms with Gasteiger partial charge in [-0.25, -0.2) is 9.97 Å². The van der Waals surface area contributed by atoms with Gasteiger partial charge in [0.15, 0.2) is 0 Å². The van der Waals surface area contributed by atoms with E-state index in [1.54, 1.807) is 6.33 Å². The Morgan fingerprint density at radius 3 is 3.00 bits per heavy atom. The third-order valence-electron chi connectivity index (χ3n) is 5.94. The van der Waals surface area contributed by atoms with Gasteiger partial charge in [-0.05, 0) is 63.6 Å². The number of aromatic nitrogens is 3. The first-order valence-electron chi connectivity index (χ1n) is 9.27. The van der Waals surface area contributed by atoms with Crippen molar-refractivity contribution in [1.29, 1.82) is 0 Å². The van der Waals surface area contributed by atoms with Gasteiger partial charge in [0.2, 0.25) is 0 Å². The lowest BCUT2D eigenvalue weighted by molar-refractivity contribution is 0.206. The van der Waals surface area contributed by atoms with Gasteiger partial charge in [0, 0.05) is 24.8 Å². The van der Waals surface area contributed by atoms with Crippen molar-refractivity contribution < 1.29 is 0 Å². The van der Waals surface area contributed by atoms with Crippen LogP contribution in [-0.4, -0.2) is 45.1 Å². The molecule has 2 aromatic heterocycles. The maximum atomic E-state index is 5.97. The average Bonchev–Trinajstić information content (AvgIpc) is 3.29. The topological polar surface area (TPSA) is 86.0 Å². The number of nitrogens with two attached hydrogens (primary N) is 2. The van der Waals surface area contributed by atoms with Gasteiger partial charge >= 0.3 is 0 Å². The van der Waals surface area contributed by atoms with Crippen molar-refractivity contribution in [3.8, 4) is 0 Å². The van der Waals surface area contributed by atoms with E-state index in [0.29, 0.717) is 17.9 Å². The summed E-state index contributed by atoms with van der Waals surface area (Å²) in [4.78, 5) is 11.2. The molecule has 0 amide bonds. The van der Waals surface area contributed by atoms with Crippen LogP contribution in [0, 0.1) is 5.92 Å². The van der Waals surface area contributed by atoms with Crippen molar-refractivity contribution in [1.82, 2.24) is 19.4 Å². The van der Waals surface area contributed by atoms with Crippen molar-refractivity contribution in [2.24, 2.45) is 11.7 Å². The number of likely N-dealkylation sites (tertiary alicyclic amines) is 1. The van der Waals surface area contributed by atoms with Gasteiger partial charge in [-0.1, -0.05) is 0 Å². The maximum Gasteiger partial charge on any atom is 0.145 e. The standard InChI is InChI=1S/C18H28N6/c19-7-5-14-2-1-8-23(14)11-13-3-4-15(10-13)24-9-6-16-17(20)21-12-22-18(16)24/h6,9,12-15H,1-5,7-8,10-11,19H2,(H2,20,21,22)/t13-,14+,15+/m1/s1. The summed E-state index contributed by atoms with van der Waals surface area (Å²) in [6.07, 6.45) is 11.3. The van der Waals surface area contributed by atoms with Crippen LogP contribution in [0.4, 0.5) is 5.82 Å². The lowest BCUT2D eigenvalue weighted by Crippen LogP contribution is -2.34. The monoisotopic (exact) mass is 328 g/mol. The molecule has 1 aliphatic carbocycles. The minimum Gasteiger partial charge on any atom is -0.383 e. The molecule has 3 atom stereocenters. The summed E-state index contributed by atoms with van der Waals surface area (Å²) >= 11 is 0. The van der Waals surface area contributed by atoms with Crippen molar-refractivity contribution in [3.05, 3.63) is 18.6 Å². The Kier molecular flexibility index (Phi) is 4.41. The third kappa shape index (κ3) is 2.89. The SMILES string of the molecule is NCC[C@@H]1CCCN1C[C@@H]1CC[C@H](n2ccc3c(N)ncnc32)C1. The Labute approximate surface area is 143 Å². The zero-order valence-corrected chi connectivity index (χ0v) is 14.3. The fourth-order valence-corrected chi connectivity index (χ4v) is 4.74. The van der Waals surface area contributed by atoms with Gasteiger partial charge in [0.05, 0.1) is 5.39 Å². The Hall–Kier alpha value is -1.66. The van der Waals surface area contributed by atoms with E-state index in [1.165, 1.54) is 45.2 Å². The molecule has 1 saturated heterocycles. The van der Waals surface area contributed by atoms with Crippen molar-refractivity contribution in [3.63, 3.8) is 0 Å². The van der Waals surface area contributed by atoms with Gasteiger partial charge in [-0.15, -0.1) is 0 Å². The number of hydrogen-bond acceptors (Lipinski definition) is 5. The second kappa shape index (κ2) is 6.69. The molecule has 0 unspecified atom stereocenters. The fraction of sp³-hybridized carbons (Fsp3) is 0.667. The van der Waals surface area contributed by atoms with Crippen LogP contribution in [0.1, 0.15) is 44.6 Å². The Bertz CT molecular complexity index is 696. The predicted octanol–water partition coefficient (Wildman–Crippen LogP) is 2.17. The van der Waals surface area contributed by atoms with Crippen molar-refractivity contribution >= 4 is 16.9 Å². The number of fused-ring (bicyclic) bond motifs is 1. The minimum absolute atomic E-state index is 0.539. The number of rotatable bonds is 5. The zero-order chi connectivity index (χ0) is 16.5. The van der Waals surface area contributed by atoms with Crippen LogP contribution in [0.5, 0.6) is 0 Å². The molecule has 0 spiro atoms. The molecule has 0 aromatic carbocycles. The van der Waals surface area contributed by atoms with E-state index in [4.69, 9.17) is 11.5 Å². The molecule has 3 heterocycles. The highest BCUT2D eigenvalue weighted by atomic mass is 15.2. The lowest BCUT2D eigenvalue weighted by atomic mass is 10.1. The summed E-state index contributed by atoms with van der Waals surface area (Å²) in [6, 6.07) is 3.31. The summed E-state index contributed by atoms with van der Waals surface area (Å²) in [5, 5.41) is 0.975. The average molecular weight is 328 g/mol. The molecule has 0 bridgehead atoms. The maximum absolute atomic E-state index is 5.97. The Morgan fingerprint density at radius 2 is 2.12 bits per heavy atom. The molecule has 0 radical (unpaired) electrons. The fourth-order valence-electron chi connectivity index (χ4n) is 4.74. The molecule has 1 saturated carbocycles. The Balaban J connectivity index is 1.43. The molecule has 6 heteroatoms. The predicted molar refractivity (Wildman–Crippen MR) is 96.6 cm³/mol. The summed E-state index contributed by atoms with van der Waals surface area (Å²) in [5.41, 5.74) is 12.7. The van der Waals surface area contributed by atoms with Crippen LogP contribution in [0.25, 0.3) is 11.0 Å². The highest BCUT2D eigenvalue weighted by Gasteiger charge is 2.31. The van der Waals surface area contributed by atoms with Gasteiger partial charge in [-0.2, -0.15) is 0 Å². The molecular formula is C18H28N6. The molecule has 24 heavy (non-hydrogen) atoms. The van der Waals surface area contributed by atoms with Crippen LogP contribution in [-0.2, 0) is 0 Å². The van der Waals surface area contributed by atoms with Crippen LogP contribution in [0.15, 0.2) is 18.6 Å². The number of nitrogen functional groups attached to an aromatic ring is 1. The van der Waals surface area contributed by atoms with E-state index in [9.17, 15) is 0 Å². The summed E-state index contributed by atoms with van der Waals surface area (Å²) in [7, 11) is 0. The van der Waals surface area contributed by atoms with Crippen LogP contribution in [0.3, 0.4) is 0 Å². The highest BCUT2D eigenvalue weighted by molar-refractivity contribution is 5.86. The second-order valence-electron chi connectivity index (χ2n) is 7.42. The van der Waals surface area contributed by atoms with E-state index in [2.05, 4.69) is 31.7 Å². The van der Waals surface area contributed by atoms with E-state index >= 15 is 0 Å². The first-order valence-corrected chi connectivity index (χ1v) is 9.27. The molecular weight excluding hydrogens is 300 g/mol. The summed E-state index contributed by atoms with van der Waals surface area (Å²) < 4.78 is 2.31. The number of anilines is 1. The number of hydrogen-bond donors (Lipinski definition) is 2. The van der Waals surface area contributed by atoms with E-state index in [-0.39, 0.29) is 0 Å². The molecule has 4 N–H and O–H groups in total. The second-order valence-corrected chi connectivity index (χ2v) is 7.42. The largest absolute Gasteiger partial charge is 0.383 e. The van der Waals surface area contributed by atoms with Gasteiger partial charge in [0.1, 0.15) is 17.8 Å². The minimum atomic E-state index is 0.539. The Morgan fingerprint density at radius 1 is 1.21 bits per heavy atom. The first kappa shape index (κ1) is 15.8. The van der Waals surface area contributed by atoms with E-state index < -0.39 is 0 Å². The lowest BCUT2D eigenvalue weighted by Gasteiger charge is -2.27. The van der Waals surface area contributed by atoms with Crippen LogP contribution in [0.2, 0.25) is 0 Å². The highest BCUT2D eigenvalue weighted by Crippen LogP contribution is 2.38. The summed E-state index contributed by atoms with van der Waals surface area (Å²) in [5.74, 6) is 1.36. The molecule has 2 aromatic rings. The quantitative estimate of drug-likeness (QED) is 0.878. The number of nitrogens with zero attached hydrogens (tertiary/aromatic N) is 4. The van der Waals surface area contributed by atoms with E-state index in [0.717, 1.165) is 29.9 Å². The zero-order valence-electron chi connectivity index (χ0n) is 14.3. The molecule has 2 aliphatic rings. The molecule has 2 fully saturated rings. The van der Waals surface area contributed by atoms with Crippen LogP contribution < -0.4 is 11.5 Å². The van der Waals surface area contributed by atoms with Crippen molar-refractivity contribution in [2.45, 2.75) is 50.6 Å². The van der Waals surface area contributed by atoms with Crippen molar-refractivity contribution in [2.75, 3.05) is 25.4 Å². The van der Waals surface area contributed by atoms with Gasteiger partial charge in [0.25, 0.3) is 0 Å². The smallest absolute Gasteiger partial charge is 0.145 e. The molecule has 1 aliphatic heterocycles. The molecule has 130 valence electrons. The van der Waals surface area contributed by atoms with Crippen LogP contribution >= 0.6 is 0 Å². The third-order valence-corrected chi connectivity index (χ3v) is 5.94.